The maximum atomic E-state index is 13.1. The molecule has 2 aromatic heterocycles. The molecule has 3 heterocycles. The average Bonchev–Trinajstić information content (AvgIpc) is 3.48. The number of aromatic nitrogens is 4. The van der Waals surface area contributed by atoms with E-state index in [4.69, 9.17) is 16.0 Å². The van der Waals surface area contributed by atoms with Crippen LogP contribution in [-0.4, -0.2) is 50.1 Å². The highest BCUT2D eigenvalue weighted by Crippen LogP contribution is 2.26. The van der Waals surface area contributed by atoms with Gasteiger partial charge < -0.3 is 14.6 Å². The van der Waals surface area contributed by atoms with E-state index in [1.807, 2.05) is 35.2 Å². The second-order valence-electron chi connectivity index (χ2n) is 6.89. The maximum Gasteiger partial charge on any atom is 0.295 e. The van der Waals surface area contributed by atoms with Gasteiger partial charge >= 0.3 is 0 Å². The number of aromatic amines is 1. The van der Waals surface area contributed by atoms with E-state index >= 15 is 0 Å². The van der Waals surface area contributed by atoms with Gasteiger partial charge in [-0.15, -0.1) is 0 Å². The highest BCUT2D eigenvalue weighted by atomic mass is 35.5. The number of likely N-dealkylation sites (tertiary alicyclic amines) is 1. The van der Waals surface area contributed by atoms with Crippen molar-refractivity contribution < 1.29 is 9.21 Å². The number of anilines is 1. The average molecular weight is 409 g/mol. The monoisotopic (exact) mass is 408 g/mol. The van der Waals surface area contributed by atoms with E-state index in [0.29, 0.717) is 41.1 Å². The van der Waals surface area contributed by atoms with E-state index in [0.717, 1.165) is 17.5 Å². The molecule has 0 spiro atoms. The number of fused-ring (bicyclic) bond motifs is 1. The molecule has 2 aromatic carbocycles. The van der Waals surface area contributed by atoms with Crippen molar-refractivity contribution in [3.8, 4) is 11.4 Å². The minimum absolute atomic E-state index is 0.0364. The Morgan fingerprint density at radius 3 is 3.03 bits per heavy atom. The van der Waals surface area contributed by atoms with E-state index < -0.39 is 0 Å². The second-order valence-corrected chi connectivity index (χ2v) is 7.33. The van der Waals surface area contributed by atoms with Crippen LogP contribution in [0, 0.1) is 0 Å². The van der Waals surface area contributed by atoms with Crippen molar-refractivity contribution in [2.24, 2.45) is 0 Å². The molecule has 29 heavy (non-hydrogen) atoms. The third kappa shape index (κ3) is 3.42. The van der Waals surface area contributed by atoms with Crippen LogP contribution in [0.2, 0.25) is 5.02 Å². The highest BCUT2D eigenvalue weighted by molar-refractivity contribution is 6.31. The van der Waals surface area contributed by atoms with Gasteiger partial charge in [0, 0.05) is 35.8 Å². The number of nitrogens with zero attached hydrogens (tertiary/aromatic N) is 4. The number of carbonyl (C=O) groups excluding carboxylic acids is 1. The zero-order valence-corrected chi connectivity index (χ0v) is 16.1. The van der Waals surface area contributed by atoms with E-state index in [1.165, 1.54) is 6.33 Å². The number of hydrogen-bond donors (Lipinski definition) is 2. The number of H-pyrrole nitrogens is 1. The lowest BCUT2D eigenvalue weighted by molar-refractivity contribution is 0.0792. The summed E-state index contributed by atoms with van der Waals surface area (Å²) in [5.74, 6) is 0.540. The molecule has 5 rings (SSSR count). The van der Waals surface area contributed by atoms with Crippen LogP contribution in [0.15, 0.2) is 53.2 Å². The number of oxazole rings is 1. The Kier molecular flexibility index (Phi) is 4.40. The van der Waals surface area contributed by atoms with Gasteiger partial charge in [-0.1, -0.05) is 29.8 Å². The zero-order valence-electron chi connectivity index (χ0n) is 15.3. The van der Waals surface area contributed by atoms with Gasteiger partial charge in [-0.25, -0.2) is 4.98 Å². The summed E-state index contributed by atoms with van der Waals surface area (Å²) in [5.41, 5.74) is 2.71. The van der Waals surface area contributed by atoms with Crippen molar-refractivity contribution in [3.05, 3.63) is 59.4 Å². The van der Waals surface area contributed by atoms with Gasteiger partial charge in [0.25, 0.3) is 11.9 Å². The number of benzene rings is 2. The van der Waals surface area contributed by atoms with Crippen molar-refractivity contribution in [1.82, 2.24) is 25.1 Å². The molecule has 1 fully saturated rings. The third-order valence-electron chi connectivity index (χ3n) is 4.98. The lowest BCUT2D eigenvalue weighted by Crippen LogP contribution is -2.32. The summed E-state index contributed by atoms with van der Waals surface area (Å²) in [6, 6.07) is 13.2. The van der Waals surface area contributed by atoms with Crippen LogP contribution in [0.25, 0.3) is 22.5 Å². The van der Waals surface area contributed by atoms with E-state index in [-0.39, 0.29) is 11.9 Å². The van der Waals surface area contributed by atoms with Gasteiger partial charge in [0.15, 0.2) is 11.4 Å². The lowest BCUT2D eigenvalue weighted by Gasteiger charge is -2.18. The van der Waals surface area contributed by atoms with Crippen LogP contribution in [0.5, 0.6) is 0 Å². The number of rotatable bonds is 4. The molecule has 9 heteroatoms. The van der Waals surface area contributed by atoms with Crippen LogP contribution >= 0.6 is 11.6 Å². The van der Waals surface area contributed by atoms with Crippen molar-refractivity contribution in [1.29, 1.82) is 0 Å². The summed E-state index contributed by atoms with van der Waals surface area (Å²) in [7, 11) is 0. The summed E-state index contributed by atoms with van der Waals surface area (Å²) in [4.78, 5) is 23.6. The fourth-order valence-corrected chi connectivity index (χ4v) is 3.74. The number of amides is 1. The maximum absolute atomic E-state index is 13.1. The molecule has 2 N–H and O–H groups in total. The summed E-state index contributed by atoms with van der Waals surface area (Å²) < 4.78 is 5.73. The first-order valence-electron chi connectivity index (χ1n) is 9.24. The number of nitrogens with one attached hydrogen (secondary N) is 2. The second kappa shape index (κ2) is 7.21. The van der Waals surface area contributed by atoms with Crippen LogP contribution in [0.4, 0.5) is 6.01 Å². The van der Waals surface area contributed by atoms with E-state index in [1.54, 1.807) is 12.1 Å². The van der Waals surface area contributed by atoms with Crippen molar-refractivity contribution >= 4 is 34.6 Å². The Balaban J connectivity index is 1.31. The SMILES string of the molecule is O=C(c1ccccc1-c1ncn[nH]1)N1CC[C@@H](Nc2nc3ccc(Cl)cc3o2)C1. The predicted octanol–water partition coefficient (Wildman–Crippen LogP) is 3.59. The normalized spacial score (nSPS) is 16.4. The van der Waals surface area contributed by atoms with Crippen molar-refractivity contribution in [2.75, 3.05) is 18.4 Å². The van der Waals surface area contributed by atoms with E-state index in [9.17, 15) is 4.79 Å². The standard InChI is InChI=1S/C20H17ClN6O2/c21-12-5-6-16-17(9-12)29-20(25-16)24-13-7-8-27(10-13)19(28)15-4-2-1-3-14(15)18-22-11-23-26-18/h1-6,9,11,13H,7-8,10H2,(H,24,25)(H,22,23,26)/t13-/m1/s1. The Bertz CT molecular complexity index is 1170. The molecule has 146 valence electrons. The number of carbonyl (C=O) groups is 1. The van der Waals surface area contributed by atoms with Crippen LogP contribution < -0.4 is 5.32 Å². The molecule has 8 nitrogen and oxygen atoms in total. The minimum atomic E-state index is -0.0364. The summed E-state index contributed by atoms with van der Waals surface area (Å²) in [5, 5.41) is 10.6. The Labute approximate surface area is 170 Å². The topological polar surface area (TPSA) is 99.9 Å². The summed E-state index contributed by atoms with van der Waals surface area (Å²) in [6.45, 7) is 1.20. The van der Waals surface area contributed by atoms with Crippen LogP contribution in [0.1, 0.15) is 16.8 Å². The first kappa shape index (κ1) is 17.7. The fourth-order valence-electron chi connectivity index (χ4n) is 3.58. The minimum Gasteiger partial charge on any atom is -0.423 e. The fraction of sp³-hybridized carbons (Fsp3) is 0.200. The molecule has 0 radical (unpaired) electrons. The molecule has 0 bridgehead atoms. The Hall–Kier alpha value is -3.39. The van der Waals surface area contributed by atoms with E-state index in [2.05, 4.69) is 25.5 Å². The van der Waals surface area contributed by atoms with Gasteiger partial charge in [0.05, 0.1) is 5.56 Å². The first-order valence-corrected chi connectivity index (χ1v) is 9.62. The molecular formula is C20H17ClN6O2. The lowest BCUT2D eigenvalue weighted by atomic mass is 10.1. The molecule has 1 aliphatic heterocycles. The summed E-state index contributed by atoms with van der Waals surface area (Å²) in [6.07, 6.45) is 2.23. The Morgan fingerprint density at radius 1 is 1.28 bits per heavy atom. The first-order chi connectivity index (χ1) is 14.2. The molecule has 0 aliphatic carbocycles. The van der Waals surface area contributed by atoms with Crippen molar-refractivity contribution in [3.63, 3.8) is 0 Å². The van der Waals surface area contributed by atoms with Crippen molar-refractivity contribution in [2.45, 2.75) is 12.5 Å². The molecule has 1 amide bonds. The predicted molar refractivity (Wildman–Crippen MR) is 109 cm³/mol. The van der Waals surface area contributed by atoms with Gasteiger partial charge in [-0.3, -0.25) is 9.89 Å². The molecule has 0 unspecified atom stereocenters. The largest absolute Gasteiger partial charge is 0.423 e. The molecule has 1 atom stereocenters. The van der Waals surface area contributed by atoms with Gasteiger partial charge in [-0.2, -0.15) is 10.1 Å². The van der Waals surface area contributed by atoms with Gasteiger partial charge in [0.2, 0.25) is 0 Å². The number of halogens is 1. The molecule has 0 saturated carbocycles. The summed E-state index contributed by atoms with van der Waals surface area (Å²) >= 11 is 6.00. The quantitative estimate of drug-likeness (QED) is 0.535. The highest BCUT2D eigenvalue weighted by Gasteiger charge is 2.29. The van der Waals surface area contributed by atoms with Crippen LogP contribution in [0.3, 0.4) is 0 Å². The smallest absolute Gasteiger partial charge is 0.295 e. The molecule has 1 saturated heterocycles. The third-order valence-corrected chi connectivity index (χ3v) is 5.22. The molecule has 4 aromatic rings. The van der Waals surface area contributed by atoms with Crippen LogP contribution in [-0.2, 0) is 0 Å². The molecule has 1 aliphatic rings. The molecular weight excluding hydrogens is 392 g/mol. The zero-order chi connectivity index (χ0) is 19.8. The Morgan fingerprint density at radius 2 is 2.17 bits per heavy atom. The van der Waals surface area contributed by atoms with Gasteiger partial charge in [0.1, 0.15) is 11.8 Å². The number of hydrogen-bond acceptors (Lipinski definition) is 6. The van der Waals surface area contributed by atoms with Gasteiger partial charge in [-0.05, 0) is 24.6 Å².